The molecule has 1 aromatic carbocycles. The molecule has 0 aliphatic rings. The van der Waals surface area contributed by atoms with Crippen LogP contribution in [-0.2, 0) is 5.41 Å². The van der Waals surface area contributed by atoms with Crippen LogP contribution in [0.5, 0.6) is 0 Å². The zero-order valence-corrected chi connectivity index (χ0v) is 13.4. The minimum absolute atomic E-state index is 0.230. The highest BCUT2D eigenvalue weighted by Crippen LogP contribution is 2.27. The molecule has 1 rings (SSSR count). The third-order valence-corrected chi connectivity index (χ3v) is 4.06. The molecule has 0 nitrogen and oxygen atoms in total. The lowest BCUT2D eigenvalue weighted by Crippen LogP contribution is -2.10. The quantitative estimate of drug-likeness (QED) is 0.626. The third-order valence-electron chi connectivity index (χ3n) is 3.37. The van der Waals surface area contributed by atoms with Gasteiger partial charge in [0.2, 0.25) is 0 Å². The monoisotopic (exact) mass is 294 g/mol. The van der Waals surface area contributed by atoms with E-state index in [0.717, 1.165) is 0 Å². The molecule has 17 heavy (non-hydrogen) atoms. The fourth-order valence-corrected chi connectivity index (χ4v) is 2.09. The molecule has 1 atom stereocenters. The molecule has 0 aromatic heterocycles. The van der Waals surface area contributed by atoms with Crippen molar-refractivity contribution < 1.29 is 0 Å². The van der Waals surface area contributed by atoms with E-state index in [1.165, 1.54) is 22.3 Å². The maximum Gasteiger partial charge on any atom is 0.0329 e. The maximum atomic E-state index is 3.63. The summed E-state index contributed by atoms with van der Waals surface area (Å²) in [5.41, 5.74) is 5.71. The predicted molar refractivity (Wildman–Crippen MR) is 81.8 cm³/mol. The van der Waals surface area contributed by atoms with E-state index >= 15 is 0 Å². The van der Waals surface area contributed by atoms with Gasteiger partial charge in [0.1, 0.15) is 0 Å². The highest BCUT2D eigenvalue weighted by molar-refractivity contribution is 9.09. The zero-order valence-electron chi connectivity index (χ0n) is 11.8. The lowest BCUT2D eigenvalue weighted by Gasteiger charge is -2.19. The Morgan fingerprint density at radius 3 is 1.88 bits per heavy atom. The number of halogens is 1. The Morgan fingerprint density at radius 1 is 1.06 bits per heavy atom. The van der Waals surface area contributed by atoms with Gasteiger partial charge in [-0.05, 0) is 42.9 Å². The van der Waals surface area contributed by atoms with Crippen LogP contribution in [-0.4, -0.2) is 4.83 Å². The van der Waals surface area contributed by atoms with Crippen molar-refractivity contribution in [2.45, 2.75) is 51.8 Å². The fourth-order valence-electron chi connectivity index (χ4n) is 1.75. The fraction of sp³-hybridized carbons (Fsp3) is 0.500. The number of alkyl halides is 1. The Kier molecular flexibility index (Phi) is 4.60. The second-order valence-corrected chi connectivity index (χ2v) is 7.12. The first-order valence-electron chi connectivity index (χ1n) is 6.16. The van der Waals surface area contributed by atoms with Crippen molar-refractivity contribution in [3.63, 3.8) is 0 Å². The van der Waals surface area contributed by atoms with Crippen LogP contribution >= 0.6 is 15.9 Å². The highest BCUT2D eigenvalue weighted by Gasteiger charge is 2.13. The van der Waals surface area contributed by atoms with E-state index in [0.29, 0.717) is 4.83 Å². The average Bonchev–Trinajstić information content (AvgIpc) is 2.26. The van der Waals surface area contributed by atoms with Gasteiger partial charge >= 0.3 is 0 Å². The van der Waals surface area contributed by atoms with Crippen molar-refractivity contribution in [3.8, 4) is 0 Å². The summed E-state index contributed by atoms with van der Waals surface area (Å²) in [5.74, 6) is 0. The Morgan fingerprint density at radius 2 is 1.53 bits per heavy atom. The normalized spacial score (nSPS) is 15.5. The van der Waals surface area contributed by atoms with Crippen molar-refractivity contribution >= 4 is 21.5 Å². The van der Waals surface area contributed by atoms with E-state index in [4.69, 9.17) is 0 Å². The lowest BCUT2D eigenvalue weighted by atomic mass is 9.86. The topological polar surface area (TPSA) is 0 Å². The third kappa shape index (κ3) is 3.70. The van der Waals surface area contributed by atoms with Crippen LogP contribution in [0.25, 0.3) is 5.57 Å². The summed E-state index contributed by atoms with van der Waals surface area (Å²) in [6, 6.07) is 8.94. The van der Waals surface area contributed by atoms with Crippen LogP contribution in [0.4, 0.5) is 0 Å². The van der Waals surface area contributed by atoms with Crippen LogP contribution < -0.4 is 0 Å². The van der Waals surface area contributed by atoms with Crippen LogP contribution in [0.15, 0.2) is 29.8 Å². The van der Waals surface area contributed by atoms with E-state index in [9.17, 15) is 0 Å². The summed E-state index contributed by atoms with van der Waals surface area (Å²) in [6.45, 7) is 13.3. The van der Waals surface area contributed by atoms with E-state index in [1.54, 1.807) is 0 Å². The van der Waals surface area contributed by atoms with Crippen LogP contribution in [0.2, 0.25) is 0 Å². The minimum atomic E-state index is 0.230. The molecule has 0 aliphatic carbocycles. The molecule has 1 heteroatoms. The second-order valence-electron chi connectivity index (χ2n) is 5.75. The molecule has 0 radical (unpaired) electrons. The van der Waals surface area contributed by atoms with Gasteiger partial charge in [-0.1, -0.05) is 66.5 Å². The molecule has 0 aliphatic heterocycles. The predicted octanol–water partition coefficient (Wildman–Crippen LogP) is 5.56. The van der Waals surface area contributed by atoms with Crippen molar-refractivity contribution in [3.05, 3.63) is 41.0 Å². The molecular weight excluding hydrogens is 272 g/mol. The van der Waals surface area contributed by atoms with Crippen molar-refractivity contribution in [1.29, 1.82) is 0 Å². The molecule has 0 bridgehead atoms. The average molecular weight is 295 g/mol. The van der Waals surface area contributed by atoms with Gasteiger partial charge < -0.3 is 0 Å². The Balaban J connectivity index is 3.08. The summed E-state index contributed by atoms with van der Waals surface area (Å²) >= 11 is 3.63. The summed E-state index contributed by atoms with van der Waals surface area (Å²) in [7, 11) is 0. The van der Waals surface area contributed by atoms with Gasteiger partial charge in [-0.15, -0.1) is 0 Å². The summed E-state index contributed by atoms with van der Waals surface area (Å²) < 4.78 is 0. The van der Waals surface area contributed by atoms with Crippen LogP contribution in [0, 0.1) is 0 Å². The number of hydrogen-bond donors (Lipinski definition) is 0. The van der Waals surface area contributed by atoms with Gasteiger partial charge in [-0.25, -0.2) is 0 Å². The minimum Gasteiger partial charge on any atom is -0.0845 e. The molecule has 0 saturated heterocycles. The Hall–Kier alpha value is -0.560. The molecular formula is C16H23Br. The van der Waals surface area contributed by atoms with E-state index in [2.05, 4.69) is 81.7 Å². The molecule has 94 valence electrons. The highest BCUT2D eigenvalue weighted by atomic mass is 79.9. The van der Waals surface area contributed by atoms with Crippen LogP contribution in [0.1, 0.15) is 52.7 Å². The van der Waals surface area contributed by atoms with E-state index in [1.807, 2.05) is 0 Å². The Bertz CT molecular complexity index is 402. The molecule has 0 saturated carbocycles. The number of rotatable bonds is 2. The molecule has 0 heterocycles. The summed E-state index contributed by atoms with van der Waals surface area (Å²) in [5, 5.41) is 0. The molecule has 1 aromatic rings. The SMILES string of the molecule is CC(=C(C)C(C)Br)c1ccc(C(C)(C)C)cc1. The first kappa shape index (κ1) is 14.5. The van der Waals surface area contributed by atoms with Gasteiger partial charge in [0.15, 0.2) is 0 Å². The standard InChI is InChI=1S/C16H23Br/c1-11(13(3)17)12(2)14-7-9-15(10-8-14)16(4,5)6/h7-10,13H,1-6H3. The number of benzene rings is 1. The first-order chi connectivity index (χ1) is 7.73. The smallest absolute Gasteiger partial charge is 0.0329 e. The second kappa shape index (κ2) is 5.39. The zero-order chi connectivity index (χ0) is 13.2. The number of hydrogen-bond acceptors (Lipinski definition) is 0. The van der Waals surface area contributed by atoms with Gasteiger partial charge in [-0.3, -0.25) is 0 Å². The Labute approximate surface area is 114 Å². The molecule has 0 N–H and O–H groups in total. The summed E-state index contributed by atoms with van der Waals surface area (Å²) in [4.78, 5) is 0.435. The van der Waals surface area contributed by atoms with Crippen molar-refractivity contribution in [2.24, 2.45) is 0 Å². The van der Waals surface area contributed by atoms with Crippen molar-refractivity contribution in [1.82, 2.24) is 0 Å². The van der Waals surface area contributed by atoms with Crippen LogP contribution in [0.3, 0.4) is 0 Å². The maximum absolute atomic E-state index is 3.63. The number of allylic oxidation sites excluding steroid dienone is 2. The van der Waals surface area contributed by atoms with E-state index < -0.39 is 0 Å². The van der Waals surface area contributed by atoms with Gasteiger partial charge in [0, 0.05) is 4.83 Å². The first-order valence-corrected chi connectivity index (χ1v) is 7.07. The molecule has 0 spiro atoms. The lowest BCUT2D eigenvalue weighted by molar-refractivity contribution is 0.590. The van der Waals surface area contributed by atoms with Gasteiger partial charge in [0.05, 0.1) is 0 Å². The van der Waals surface area contributed by atoms with E-state index in [-0.39, 0.29) is 5.41 Å². The van der Waals surface area contributed by atoms with Gasteiger partial charge in [0.25, 0.3) is 0 Å². The largest absolute Gasteiger partial charge is 0.0845 e. The molecule has 1 unspecified atom stereocenters. The van der Waals surface area contributed by atoms with Gasteiger partial charge in [-0.2, -0.15) is 0 Å². The summed E-state index contributed by atoms with van der Waals surface area (Å²) in [6.07, 6.45) is 0. The molecule has 0 amide bonds. The van der Waals surface area contributed by atoms with Crippen molar-refractivity contribution in [2.75, 3.05) is 0 Å². The molecule has 0 fully saturated rings.